The second kappa shape index (κ2) is 6.51. The number of hydrogen-bond acceptors (Lipinski definition) is 4. The lowest BCUT2D eigenvalue weighted by Gasteiger charge is -2.43. The molecule has 4 heterocycles. The van der Waals surface area contributed by atoms with E-state index < -0.39 is 0 Å². The van der Waals surface area contributed by atoms with Crippen LogP contribution in [0.4, 0.5) is 4.79 Å². The molecule has 144 valence electrons. The summed E-state index contributed by atoms with van der Waals surface area (Å²) >= 11 is 0. The lowest BCUT2D eigenvalue weighted by molar-refractivity contribution is 0.144. The maximum absolute atomic E-state index is 12.7. The highest BCUT2D eigenvalue weighted by atomic mass is 16.2. The second-order valence-corrected chi connectivity index (χ2v) is 8.04. The number of aryl methyl sites for hydroxylation is 1. The highest BCUT2D eigenvalue weighted by Crippen LogP contribution is 2.36. The van der Waals surface area contributed by atoms with Crippen LogP contribution in [0.5, 0.6) is 0 Å². The van der Waals surface area contributed by atoms with Gasteiger partial charge in [0.25, 0.3) is 0 Å². The molecule has 1 saturated heterocycles. The first-order chi connectivity index (χ1) is 13.7. The molecule has 1 aliphatic heterocycles. The summed E-state index contributed by atoms with van der Waals surface area (Å²) in [4.78, 5) is 26.5. The van der Waals surface area contributed by atoms with E-state index in [4.69, 9.17) is 5.26 Å². The average Bonchev–Trinajstić information content (AvgIpc) is 3.41. The Morgan fingerprint density at radius 1 is 1.43 bits per heavy atom. The van der Waals surface area contributed by atoms with Gasteiger partial charge in [-0.3, -0.25) is 0 Å². The molecule has 8 nitrogen and oxygen atoms in total. The smallest absolute Gasteiger partial charge is 0.317 e. The van der Waals surface area contributed by atoms with Crippen LogP contribution in [0, 0.1) is 17.2 Å². The molecular weight excluding hydrogens is 354 g/mol. The third-order valence-corrected chi connectivity index (χ3v) is 6.33. The summed E-state index contributed by atoms with van der Waals surface area (Å²) in [6.45, 7) is 2.01. The van der Waals surface area contributed by atoms with Crippen molar-refractivity contribution >= 4 is 28.1 Å². The normalized spacial score (nSPS) is 21.0. The number of carbonyl (C=O) groups excluding carboxylic acids is 1. The van der Waals surface area contributed by atoms with Gasteiger partial charge >= 0.3 is 6.03 Å². The maximum Gasteiger partial charge on any atom is 0.317 e. The molecule has 28 heavy (non-hydrogen) atoms. The number of carbonyl (C=O) groups is 1. The van der Waals surface area contributed by atoms with Gasteiger partial charge in [0.1, 0.15) is 11.2 Å². The van der Waals surface area contributed by atoms with Crippen LogP contribution < -0.4 is 5.32 Å². The Balaban J connectivity index is 1.31. The molecule has 5 rings (SSSR count). The van der Waals surface area contributed by atoms with E-state index in [0.717, 1.165) is 60.7 Å². The van der Waals surface area contributed by atoms with Crippen LogP contribution in [0.1, 0.15) is 32.1 Å². The Morgan fingerprint density at radius 3 is 3.07 bits per heavy atom. The van der Waals surface area contributed by atoms with Crippen LogP contribution in [0.2, 0.25) is 0 Å². The third kappa shape index (κ3) is 2.78. The predicted molar refractivity (Wildman–Crippen MR) is 104 cm³/mol. The van der Waals surface area contributed by atoms with Gasteiger partial charge < -0.3 is 19.8 Å². The molecule has 1 unspecified atom stereocenters. The van der Waals surface area contributed by atoms with Gasteiger partial charge in [0.2, 0.25) is 0 Å². The zero-order valence-corrected chi connectivity index (χ0v) is 15.7. The lowest BCUT2D eigenvalue weighted by atomic mass is 9.74. The zero-order valence-electron chi connectivity index (χ0n) is 15.7. The number of H-pyrrole nitrogens is 1. The van der Waals surface area contributed by atoms with Crippen molar-refractivity contribution in [1.29, 1.82) is 5.26 Å². The van der Waals surface area contributed by atoms with Gasteiger partial charge in [0.15, 0.2) is 0 Å². The fourth-order valence-corrected chi connectivity index (χ4v) is 4.47. The molecule has 3 aromatic rings. The second-order valence-electron chi connectivity index (χ2n) is 8.04. The molecular formula is C20H23N7O. The Bertz CT molecular complexity index is 1070. The Hall–Kier alpha value is -3.08. The van der Waals surface area contributed by atoms with E-state index in [1.165, 1.54) is 0 Å². The number of rotatable bonds is 4. The minimum Gasteiger partial charge on any atom is -0.346 e. The van der Waals surface area contributed by atoms with Gasteiger partial charge in [-0.1, -0.05) is 0 Å². The molecule has 2 aliphatic rings. The average molecular weight is 377 g/mol. The van der Waals surface area contributed by atoms with E-state index in [1.807, 2.05) is 18.6 Å². The van der Waals surface area contributed by atoms with E-state index in [2.05, 4.69) is 30.9 Å². The summed E-state index contributed by atoms with van der Waals surface area (Å²) in [6.07, 6.45) is 10.3. The number of aromatic nitrogens is 4. The van der Waals surface area contributed by atoms with Crippen molar-refractivity contribution in [3.8, 4) is 6.07 Å². The van der Waals surface area contributed by atoms with Crippen molar-refractivity contribution < 1.29 is 4.79 Å². The third-order valence-electron chi connectivity index (χ3n) is 6.33. The van der Waals surface area contributed by atoms with E-state index in [-0.39, 0.29) is 17.5 Å². The van der Waals surface area contributed by atoms with Gasteiger partial charge in [-0.05, 0) is 38.2 Å². The van der Waals surface area contributed by atoms with E-state index >= 15 is 0 Å². The molecule has 8 heteroatoms. The Kier molecular flexibility index (Phi) is 3.97. The number of nitriles is 1. The molecule has 0 radical (unpaired) electrons. The first-order valence-corrected chi connectivity index (χ1v) is 9.91. The van der Waals surface area contributed by atoms with E-state index in [1.54, 1.807) is 11.1 Å². The molecule has 0 aromatic carbocycles. The summed E-state index contributed by atoms with van der Waals surface area (Å²) < 4.78 is 2.17. The molecule has 2 N–H and O–H groups in total. The minimum absolute atomic E-state index is 0.0230. The van der Waals surface area contributed by atoms with Crippen LogP contribution >= 0.6 is 0 Å². The number of amides is 2. The van der Waals surface area contributed by atoms with Gasteiger partial charge in [0.05, 0.1) is 30.0 Å². The number of imidazole rings is 1. The van der Waals surface area contributed by atoms with Gasteiger partial charge in [-0.15, -0.1) is 0 Å². The molecule has 0 bridgehead atoms. The number of urea groups is 1. The van der Waals surface area contributed by atoms with Crippen LogP contribution in [0.15, 0.2) is 24.8 Å². The number of aromatic amines is 1. The summed E-state index contributed by atoms with van der Waals surface area (Å²) in [5, 5.41) is 13.4. The largest absolute Gasteiger partial charge is 0.346 e. The van der Waals surface area contributed by atoms with Crippen molar-refractivity contribution in [1.82, 2.24) is 29.7 Å². The van der Waals surface area contributed by atoms with Crippen molar-refractivity contribution in [2.45, 2.75) is 44.2 Å². The van der Waals surface area contributed by atoms with Gasteiger partial charge in [-0.25, -0.2) is 14.8 Å². The van der Waals surface area contributed by atoms with Crippen molar-refractivity contribution in [3.05, 3.63) is 24.8 Å². The number of nitrogens with zero attached hydrogens (tertiary/aromatic N) is 5. The molecule has 0 spiro atoms. The quantitative estimate of drug-likeness (QED) is 0.730. The Labute approximate surface area is 162 Å². The van der Waals surface area contributed by atoms with Crippen LogP contribution in [0.25, 0.3) is 22.1 Å². The number of hydrogen-bond donors (Lipinski definition) is 2. The fourth-order valence-electron chi connectivity index (χ4n) is 4.47. The SMILES string of the molecule is N#CC1CCN(C(=O)NC2(CCn3cnc4cnc5[nH]ccc5c43)CCC2)C1. The number of fused-ring (bicyclic) bond motifs is 3. The highest BCUT2D eigenvalue weighted by molar-refractivity contribution is 6.00. The monoisotopic (exact) mass is 377 g/mol. The minimum atomic E-state index is -0.150. The molecule has 1 atom stereocenters. The summed E-state index contributed by atoms with van der Waals surface area (Å²) in [6, 6.07) is 4.28. The van der Waals surface area contributed by atoms with Crippen molar-refractivity contribution in [2.24, 2.45) is 5.92 Å². The summed E-state index contributed by atoms with van der Waals surface area (Å²) in [5.41, 5.74) is 2.69. The summed E-state index contributed by atoms with van der Waals surface area (Å²) in [5.74, 6) is -0.0298. The van der Waals surface area contributed by atoms with Crippen molar-refractivity contribution in [3.63, 3.8) is 0 Å². The predicted octanol–water partition coefficient (Wildman–Crippen LogP) is 2.78. The molecule has 2 fully saturated rings. The first kappa shape index (κ1) is 17.0. The Morgan fingerprint density at radius 2 is 2.32 bits per heavy atom. The number of likely N-dealkylation sites (tertiary alicyclic amines) is 1. The van der Waals surface area contributed by atoms with E-state index in [9.17, 15) is 4.79 Å². The zero-order chi connectivity index (χ0) is 19.1. The first-order valence-electron chi connectivity index (χ1n) is 9.91. The lowest BCUT2D eigenvalue weighted by Crippen LogP contribution is -2.57. The van der Waals surface area contributed by atoms with Gasteiger partial charge in [0, 0.05) is 36.8 Å². The van der Waals surface area contributed by atoms with Crippen LogP contribution in [-0.4, -0.2) is 49.1 Å². The standard InChI is InChI=1S/C20H23N7O/c21-10-14-3-8-26(12-14)19(28)25-20(4-1-5-20)6-9-27-13-24-16-11-23-18-15(17(16)27)2-7-22-18/h2,7,11,13-14H,1,3-6,8-9,12H2,(H,22,23)(H,25,28). The van der Waals surface area contributed by atoms with Crippen LogP contribution in [0.3, 0.4) is 0 Å². The molecule has 3 aromatic heterocycles. The fraction of sp³-hybridized carbons (Fsp3) is 0.500. The number of pyridine rings is 1. The molecule has 1 aliphatic carbocycles. The summed E-state index contributed by atoms with van der Waals surface area (Å²) in [7, 11) is 0. The van der Waals surface area contributed by atoms with E-state index in [0.29, 0.717) is 13.1 Å². The molecule has 2 amide bonds. The maximum atomic E-state index is 12.7. The number of nitrogens with one attached hydrogen (secondary N) is 2. The van der Waals surface area contributed by atoms with Crippen molar-refractivity contribution in [2.75, 3.05) is 13.1 Å². The molecule has 1 saturated carbocycles. The van der Waals surface area contributed by atoms with Crippen LogP contribution in [-0.2, 0) is 6.54 Å². The topological polar surface area (TPSA) is 103 Å². The highest BCUT2D eigenvalue weighted by Gasteiger charge is 2.40. The van der Waals surface area contributed by atoms with Gasteiger partial charge in [-0.2, -0.15) is 5.26 Å².